The quantitative estimate of drug-likeness (QED) is 0.230. The highest BCUT2D eigenvalue weighted by atomic mass is 31.0. The van der Waals surface area contributed by atoms with Gasteiger partial charge in [0.05, 0.1) is 0 Å². The first kappa shape index (κ1) is 11.3. The molecule has 1 aliphatic carbocycles. The van der Waals surface area contributed by atoms with Gasteiger partial charge in [-0.05, 0) is 0 Å². The molecular formula is C6H13O6P. The molecule has 0 spiro atoms. The van der Waals surface area contributed by atoms with E-state index in [1.165, 1.54) is 0 Å². The molecule has 0 radical (unpaired) electrons. The van der Waals surface area contributed by atoms with Gasteiger partial charge >= 0.3 is 0 Å². The van der Waals surface area contributed by atoms with Gasteiger partial charge in [-0.1, -0.05) is 9.24 Å². The van der Waals surface area contributed by atoms with Crippen molar-refractivity contribution in [1.29, 1.82) is 0 Å². The van der Waals surface area contributed by atoms with Crippen molar-refractivity contribution in [2.24, 2.45) is 0 Å². The summed E-state index contributed by atoms with van der Waals surface area (Å²) < 4.78 is 0. The minimum Gasteiger partial charge on any atom is -0.387 e. The Morgan fingerprint density at radius 1 is 0.769 bits per heavy atom. The normalized spacial score (nSPS) is 57.9. The molecule has 1 aliphatic rings. The summed E-state index contributed by atoms with van der Waals surface area (Å²) >= 11 is 0. The van der Waals surface area contributed by atoms with Crippen molar-refractivity contribution in [2.75, 3.05) is 0 Å². The molecule has 78 valence electrons. The summed E-state index contributed by atoms with van der Waals surface area (Å²) in [7, 11) is 1.73. The van der Waals surface area contributed by atoms with Crippen LogP contribution >= 0.6 is 9.24 Å². The third-order valence-electron chi connectivity index (χ3n) is 2.29. The molecule has 7 atom stereocenters. The Balaban J connectivity index is 2.93. The third-order valence-corrected chi connectivity index (χ3v) is 2.98. The molecule has 1 fully saturated rings. The first-order valence-electron chi connectivity index (χ1n) is 3.71. The van der Waals surface area contributed by atoms with Gasteiger partial charge in [-0.3, -0.25) is 0 Å². The summed E-state index contributed by atoms with van der Waals surface area (Å²) in [6.45, 7) is 0. The van der Waals surface area contributed by atoms with E-state index in [1.807, 2.05) is 0 Å². The second-order valence-corrected chi connectivity index (χ2v) is 4.17. The molecule has 0 saturated heterocycles. The van der Waals surface area contributed by atoms with E-state index in [1.54, 1.807) is 9.24 Å². The van der Waals surface area contributed by atoms with Gasteiger partial charge in [-0.15, -0.1) is 0 Å². The fourth-order valence-corrected chi connectivity index (χ4v) is 1.69. The molecule has 1 unspecified atom stereocenters. The standard InChI is InChI=1S/C6H13O6P/c7-1-2(8)4(10)6(12,13)5(11)3(1)9/h1-5,7-12H,13H2/t1-,2+,3-,4-,5+,6-. The fourth-order valence-electron chi connectivity index (χ4n) is 1.30. The molecule has 0 amide bonds. The molecule has 0 bridgehead atoms. The Morgan fingerprint density at radius 2 is 1.08 bits per heavy atom. The van der Waals surface area contributed by atoms with Crippen LogP contribution in [0.15, 0.2) is 0 Å². The zero-order valence-electron chi connectivity index (χ0n) is 6.65. The summed E-state index contributed by atoms with van der Waals surface area (Å²) in [6.07, 6.45) is -8.52. The van der Waals surface area contributed by atoms with Crippen LogP contribution in [0.1, 0.15) is 0 Å². The lowest BCUT2D eigenvalue weighted by Gasteiger charge is -2.45. The average Bonchev–Trinajstić information content (AvgIpc) is 2.09. The van der Waals surface area contributed by atoms with Crippen molar-refractivity contribution in [3.05, 3.63) is 0 Å². The summed E-state index contributed by atoms with van der Waals surface area (Å²) in [5.74, 6) is 0. The Labute approximate surface area is 76.7 Å². The van der Waals surface area contributed by atoms with Crippen LogP contribution < -0.4 is 0 Å². The van der Waals surface area contributed by atoms with Crippen molar-refractivity contribution >= 4 is 9.24 Å². The number of aliphatic hydroxyl groups excluding tert-OH is 5. The third kappa shape index (κ3) is 1.59. The Morgan fingerprint density at radius 3 is 1.38 bits per heavy atom. The van der Waals surface area contributed by atoms with Crippen molar-refractivity contribution in [2.45, 2.75) is 35.9 Å². The minimum absolute atomic E-state index is 1.68. The monoisotopic (exact) mass is 212 g/mol. The molecule has 6 nitrogen and oxygen atoms in total. The molecule has 1 rings (SSSR count). The Kier molecular flexibility index (Phi) is 2.95. The molecule has 13 heavy (non-hydrogen) atoms. The second kappa shape index (κ2) is 3.40. The summed E-state index contributed by atoms with van der Waals surface area (Å²) in [4.78, 5) is 0. The van der Waals surface area contributed by atoms with Gasteiger partial charge in [0.25, 0.3) is 0 Å². The van der Waals surface area contributed by atoms with Crippen LogP contribution in [0.4, 0.5) is 0 Å². The van der Waals surface area contributed by atoms with E-state index in [9.17, 15) is 15.3 Å². The Bertz CT molecular complexity index is 180. The Hall–Kier alpha value is 0.190. The van der Waals surface area contributed by atoms with Crippen molar-refractivity contribution in [3.63, 3.8) is 0 Å². The number of rotatable bonds is 0. The van der Waals surface area contributed by atoms with Crippen molar-refractivity contribution < 1.29 is 30.6 Å². The van der Waals surface area contributed by atoms with E-state index in [0.29, 0.717) is 0 Å². The minimum atomic E-state index is -2.11. The van der Waals surface area contributed by atoms with Gasteiger partial charge in [-0.25, -0.2) is 0 Å². The topological polar surface area (TPSA) is 121 Å². The summed E-state index contributed by atoms with van der Waals surface area (Å²) in [5.41, 5.74) is 0. The highest BCUT2D eigenvalue weighted by Crippen LogP contribution is 2.34. The zero-order valence-corrected chi connectivity index (χ0v) is 7.80. The van der Waals surface area contributed by atoms with Crippen LogP contribution in [0.5, 0.6) is 0 Å². The number of hydrogen-bond acceptors (Lipinski definition) is 6. The maximum Gasteiger partial charge on any atom is 0.134 e. The lowest BCUT2D eigenvalue weighted by atomic mass is 9.84. The summed E-state index contributed by atoms with van der Waals surface area (Å²) in [5, 5.41) is 53.0. The van der Waals surface area contributed by atoms with Gasteiger partial charge in [0, 0.05) is 0 Å². The van der Waals surface area contributed by atoms with E-state index in [-0.39, 0.29) is 0 Å². The maximum atomic E-state index is 9.40. The number of hydrogen-bond donors (Lipinski definition) is 6. The lowest BCUT2D eigenvalue weighted by Crippen LogP contribution is -2.68. The average molecular weight is 212 g/mol. The molecule has 1 saturated carbocycles. The van der Waals surface area contributed by atoms with E-state index >= 15 is 0 Å². The van der Waals surface area contributed by atoms with Crippen LogP contribution in [0.2, 0.25) is 0 Å². The van der Waals surface area contributed by atoms with Gasteiger partial charge in [-0.2, -0.15) is 0 Å². The first-order chi connectivity index (χ1) is 5.80. The van der Waals surface area contributed by atoms with E-state index in [4.69, 9.17) is 15.3 Å². The van der Waals surface area contributed by atoms with E-state index in [0.717, 1.165) is 0 Å². The van der Waals surface area contributed by atoms with Crippen LogP contribution in [-0.4, -0.2) is 66.5 Å². The van der Waals surface area contributed by atoms with Crippen LogP contribution in [0, 0.1) is 0 Å². The smallest absolute Gasteiger partial charge is 0.134 e. The molecule has 6 N–H and O–H groups in total. The molecule has 0 aromatic carbocycles. The highest BCUT2D eigenvalue weighted by Gasteiger charge is 2.54. The van der Waals surface area contributed by atoms with Gasteiger partial charge in [0.15, 0.2) is 0 Å². The van der Waals surface area contributed by atoms with E-state index < -0.39 is 35.9 Å². The van der Waals surface area contributed by atoms with Crippen molar-refractivity contribution in [3.8, 4) is 0 Å². The molecule has 0 heterocycles. The molecule has 7 heteroatoms. The SMILES string of the molecule is O[C@H]1[C@@H](O)[C@H](O)[C@](O)(P)[C@H](O)[C@H]1O. The highest BCUT2D eigenvalue weighted by molar-refractivity contribution is 7.18. The van der Waals surface area contributed by atoms with Crippen LogP contribution in [-0.2, 0) is 0 Å². The van der Waals surface area contributed by atoms with E-state index in [2.05, 4.69) is 0 Å². The van der Waals surface area contributed by atoms with Gasteiger partial charge < -0.3 is 30.6 Å². The zero-order chi connectivity index (χ0) is 10.4. The number of aliphatic hydroxyl groups is 6. The second-order valence-electron chi connectivity index (χ2n) is 3.25. The van der Waals surface area contributed by atoms with Crippen LogP contribution in [0.3, 0.4) is 0 Å². The largest absolute Gasteiger partial charge is 0.387 e. The van der Waals surface area contributed by atoms with Crippen molar-refractivity contribution in [1.82, 2.24) is 0 Å². The maximum absolute atomic E-state index is 9.40. The fraction of sp³-hybridized carbons (Fsp3) is 1.00. The van der Waals surface area contributed by atoms with Gasteiger partial charge in [0.1, 0.15) is 35.9 Å². The predicted octanol–water partition coefficient (Wildman–Crippen LogP) is -3.63. The molecule has 0 aromatic heterocycles. The summed E-state index contributed by atoms with van der Waals surface area (Å²) in [6, 6.07) is 0. The molecule has 0 aromatic rings. The first-order valence-corrected chi connectivity index (χ1v) is 4.29. The van der Waals surface area contributed by atoms with Gasteiger partial charge in [0.2, 0.25) is 0 Å². The molecular weight excluding hydrogens is 199 g/mol. The molecule has 0 aliphatic heterocycles. The van der Waals surface area contributed by atoms with Crippen LogP contribution in [0.25, 0.3) is 0 Å². The predicted molar refractivity (Wildman–Crippen MR) is 44.7 cm³/mol. The lowest BCUT2D eigenvalue weighted by molar-refractivity contribution is -0.236.